The molecule has 1 aliphatic carbocycles. The van der Waals surface area contributed by atoms with Gasteiger partial charge in [-0.05, 0) is 60.6 Å². The lowest BCUT2D eigenvalue weighted by molar-refractivity contribution is 0.0723. The van der Waals surface area contributed by atoms with Crippen molar-refractivity contribution in [1.82, 2.24) is 9.88 Å². The van der Waals surface area contributed by atoms with Crippen molar-refractivity contribution >= 4 is 17.0 Å². The summed E-state index contributed by atoms with van der Waals surface area (Å²) in [7, 11) is 0. The molecule has 1 atom stereocenters. The summed E-state index contributed by atoms with van der Waals surface area (Å²) in [5, 5.41) is 0. The maximum Gasteiger partial charge on any atom is 0.417 e. The van der Waals surface area contributed by atoms with Crippen LogP contribution in [0.3, 0.4) is 0 Å². The lowest BCUT2D eigenvalue weighted by Crippen LogP contribution is -2.26. The summed E-state index contributed by atoms with van der Waals surface area (Å²) in [5.74, 6) is 0.291. The number of rotatable bonds is 3. The van der Waals surface area contributed by atoms with Gasteiger partial charge in [-0.2, -0.15) is 0 Å². The zero-order chi connectivity index (χ0) is 17.1. The van der Waals surface area contributed by atoms with Crippen LogP contribution in [0.25, 0.3) is 11.1 Å². The lowest BCUT2D eigenvalue weighted by Gasteiger charge is -2.22. The van der Waals surface area contributed by atoms with Gasteiger partial charge < -0.3 is 9.32 Å². The molecule has 126 valence electrons. The SMILES string of the molecule is CC1c2cc(C3CC3)ccc2C(=O)N1Cc1ccc2[nH]c(=O)oc2c1. The van der Waals surface area contributed by atoms with Crippen LogP contribution in [0.2, 0.25) is 0 Å². The van der Waals surface area contributed by atoms with Gasteiger partial charge in [-0.15, -0.1) is 0 Å². The Bertz CT molecular complexity index is 1060. The summed E-state index contributed by atoms with van der Waals surface area (Å²) in [6.45, 7) is 2.58. The largest absolute Gasteiger partial charge is 0.417 e. The molecular formula is C20H18N2O3. The maximum atomic E-state index is 12.8. The molecule has 1 N–H and O–H groups in total. The summed E-state index contributed by atoms with van der Waals surface area (Å²) in [6.07, 6.45) is 2.51. The number of benzene rings is 2. The molecule has 2 aliphatic rings. The van der Waals surface area contributed by atoms with Crippen LogP contribution < -0.4 is 5.76 Å². The quantitative estimate of drug-likeness (QED) is 0.794. The number of oxazole rings is 1. The number of nitrogens with one attached hydrogen (secondary N) is 1. The van der Waals surface area contributed by atoms with Crippen molar-refractivity contribution in [2.45, 2.75) is 38.3 Å². The molecule has 5 rings (SSSR count). The molecule has 1 fully saturated rings. The second kappa shape index (κ2) is 5.09. The van der Waals surface area contributed by atoms with Crippen LogP contribution in [-0.2, 0) is 6.54 Å². The molecular weight excluding hydrogens is 316 g/mol. The van der Waals surface area contributed by atoms with E-state index in [4.69, 9.17) is 4.42 Å². The minimum atomic E-state index is -0.460. The third-order valence-corrected chi connectivity index (χ3v) is 5.37. The Morgan fingerprint density at radius 3 is 2.80 bits per heavy atom. The zero-order valence-electron chi connectivity index (χ0n) is 13.9. The van der Waals surface area contributed by atoms with E-state index in [1.165, 1.54) is 18.4 Å². The van der Waals surface area contributed by atoms with E-state index in [0.29, 0.717) is 23.6 Å². The van der Waals surface area contributed by atoms with Crippen molar-refractivity contribution in [2.24, 2.45) is 0 Å². The van der Waals surface area contributed by atoms with Crippen molar-refractivity contribution in [3.63, 3.8) is 0 Å². The molecule has 5 heteroatoms. The molecule has 0 radical (unpaired) electrons. The molecule has 1 unspecified atom stereocenters. The lowest BCUT2D eigenvalue weighted by atomic mass is 10.00. The minimum Gasteiger partial charge on any atom is -0.408 e. The first-order chi connectivity index (χ1) is 12.1. The molecule has 3 aromatic rings. The first-order valence-corrected chi connectivity index (χ1v) is 8.67. The standard InChI is InChI=1S/C20H18N2O3/c1-11-16-9-14(13-3-4-13)5-6-15(16)19(23)22(11)10-12-2-7-17-18(8-12)25-20(24)21-17/h2,5-9,11,13H,3-4,10H2,1H3,(H,21,24). The molecule has 0 saturated heterocycles. The Morgan fingerprint density at radius 2 is 2.00 bits per heavy atom. The fourth-order valence-electron chi connectivity index (χ4n) is 3.78. The van der Waals surface area contributed by atoms with Gasteiger partial charge >= 0.3 is 5.76 Å². The van der Waals surface area contributed by atoms with Crippen LogP contribution in [-0.4, -0.2) is 15.8 Å². The van der Waals surface area contributed by atoms with Gasteiger partial charge in [0.2, 0.25) is 0 Å². The summed E-state index contributed by atoms with van der Waals surface area (Å²) in [4.78, 5) is 28.6. The van der Waals surface area contributed by atoms with Crippen LogP contribution >= 0.6 is 0 Å². The van der Waals surface area contributed by atoms with Crippen LogP contribution in [0.1, 0.15) is 58.8 Å². The summed E-state index contributed by atoms with van der Waals surface area (Å²) >= 11 is 0. The van der Waals surface area contributed by atoms with Crippen LogP contribution in [0.4, 0.5) is 0 Å². The van der Waals surface area contributed by atoms with Gasteiger partial charge in [0.05, 0.1) is 11.6 Å². The number of aromatic nitrogens is 1. The van der Waals surface area contributed by atoms with E-state index in [9.17, 15) is 9.59 Å². The van der Waals surface area contributed by atoms with E-state index in [0.717, 1.165) is 16.7 Å². The van der Waals surface area contributed by atoms with Crippen molar-refractivity contribution in [3.8, 4) is 0 Å². The molecule has 5 nitrogen and oxygen atoms in total. The third kappa shape index (κ3) is 2.30. The number of amides is 1. The van der Waals surface area contributed by atoms with Crippen LogP contribution in [0.5, 0.6) is 0 Å². The highest BCUT2D eigenvalue weighted by molar-refractivity contribution is 5.99. The fourth-order valence-corrected chi connectivity index (χ4v) is 3.78. The van der Waals surface area contributed by atoms with Gasteiger partial charge in [0, 0.05) is 12.1 Å². The molecule has 25 heavy (non-hydrogen) atoms. The first-order valence-electron chi connectivity index (χ1n) is 8.67. The number of aromatic amines is 1. The highest BCUT2D eigenvalue weighted by atomic mass is 16.4. The van der Waals surface area contributed by atoms with Crippen molar-refractivity contribution in [1.29, 1.82) is 0 Å². The van der Waals surface area contributed by atoms with E-state index in [1.807, 2.05) is 29.2 Å². The van der Waals surface area contributed by atoms with Gasteiger partial charge in [-0.1, -0.05) is 18.2 Å². The third-order valence-electron chi connectivity index (χ3n) is 5.37. The number of H-pyrrole nitrogens is 1. The highest BCUT2D eigenvalue weighted by Gasteiger charge is 2.35. The number of hydrogen-bond acceptors (Lipinski definition) is 3. The maximum absolute atomic E-state index is 12.8. The Hall–Kier alpha value is -2.82. The normalized spacial score (nSPS) is 19.6. The predicted octanol–water partition coefficient (Wildman–Crippen LogP) is 3.72. The molecule has 2 heterocycles. The van der Waals surface area contributed by atoms with Crippen molar-refractivity contribution in [3.05, 3.63) is 69.2 Å². The van der Waals surface area contributed by atoms with Gasteiger partial charge in [0.25, 0.3) is 5.91 Å². The van der Waals surface area contributed by atoms with E-state index in [-0.39, 0.29) is 11.9 Å². The number of carbonyl (C=O) groups is 1. The summed E-state index contributed by atoms with van der Waals surface area (Å²) < 4.78 is 5.12. The predicted molar refractivity (Wildman–Crippen MR) is 93.5 cm³/mol. The smallest absolute Gasteiger partial charge is 0.408 e. The highest BCUT2D eigenvalue weighted by Crippen LogP contribution is 2.43. The van der Waals surface area contributed by atoms with Crippen LogP contribution in [0.15, 0.2) is 45.6 Å². The van der Waals surface area contributed by atoms with Gasteiger partial charge in [0.15, 0.2) is 5.58 Å². The number of fused-ring (bicyclic) bond motifs is 2. The Labute approximate surface area is 144 Å². The van der Waals surface area contributed by atoms with E-state index in [2.05, 4.69) is 24.0 Å². The van der Waals surface area contributed by atoms with Gasteiger partial charge in [-0.25, -0.2) is 4.79 Å². The topological polar surface area (TPSA) is 66.3 Å². The van der Waals surface area contributed by atoms with Gasteiger partial charge in [0.1, 0.15) is 0 Å². The van der Waals surface area contributed by atoms with Gasteiger partial charge in [-0.3, -0.25) is 9.78 Å². The molecule has 1 aliphatic heterocycles. The molecule has 1 aromatic heterocycles. The fraction of sp³-hybridized carbons (Fsp3) is 0.300. The molecule has 0 bridgehead atoms. The zero-order valence-corrected chi connectivity index (χ0v) is 13.9. The van der Waals surface area contributed by atoms with Crippen molar-refractivity contribution in [2.75, 3.05) is 0 Å². The molecule has 1 amide bonds. The Kier molecular flexibility index (Phi) is 2.95. The number of nitrogens with zero attached hydrogens (tertiary/aromatic N) is 1. The van der Waals surface area contributed by atoms with E-state index < -0.39 is 5.76 Å². The minimum absolute atomic E-state index is 0.0510. The second-order valence-electron chi connectivity index (χ2n) is 7.08. The summed E-state index contributed by atoms with van der Waals surface area (Å²) in [5.41, 5.74) is 5.44. The van der Waals surface area contributed by atoms with Crippen LogP contribution in [0, 0.1) is 0 Å². The number of carbonyl (C=O) groups excluding carboxylic acids is 1. The average molecular weight is 334 g/mol. The Morgan fingerprint density at radius 1 is 1.16 bits per heavy atom. The average Bonchev–Trinajstić information content (AvgIpc) is 3.35. The molecule has 1 saturated carbocycles. The van der Waals surface area contributed by atoms with Crippen molar-refractivity contribution < 1.29 is 9.21 Å². The Balaban J connectivity index is 1.46. The molecule has 0 spiro atoms. The second-order valence-corrected chi connectivity index (χ2v) is 7.08. The first kappa shape index (κ1) is 14.5. The van der Waals surface area contributed by atoms with E-state index >= 15 is 0 Å². The molecule has 2 aromatic carbocycles. The van der Waals surface area contributed by atoms with E-state index in [1.54, 1.807) is 0 Å². The summed E-state index contributed by atoms with van der Waals surface area (Å²) in [6, 6.07) is 11.9. The monoisotopic (exact) mass is 334 g/mol. The number of hydrogen-bond donors (Lipinski definition) is 1.